The van der Waals surface area contributed by atoms with Crippen molar-refractivity contribution in [3.05, 3.63) is 23.8 Å². The second-order valence-electron chi connectivity index (χ2n) is 7.78. The summed E-state index contributed by atoms with van der Waals surface area (Å²) in [6.07, 6.45) is 8.01. The molecule has 5 nitrogen and oxygen atoms in total. The van der Waals surface area contributed by atoms with Crippen molar-refractivity contribution >= 4 is 5.91 Å². The van der Waals surface area contributed by atoms with Gasteiger partial charge < -0.3 is 9.80 Å². The van der Waals surface area contributed by atoms with Crippen molar-refractivity contribution in [1.29, 1.82) is 0 Å². The van der Waals surface area contributed by atoms with Gasteiger partial charge in [0.05, 0.1) is 11.9 Å². The Morgan fingerprint density at radius 1 is 1.25 bits per heavy atom. The highest BCUT2D eigenvalue weighted by atomic mass is 16.2. The van der Waals surface area contributed by atoms with Crippen LogP contribution in [0.25, 0.3) is 0 Å². The summed E-state index contributed by atoms with van der Waals surface area (Å²) >= 11 is 0. The zero-order valence-corrected chi connectivity index (χ0v) is 15.2. The Morgan fingerprint density at radius 2 is 2.08 bits per heavy atom. The predicted molar refractivity (Wildman–Crippen MR) is 94.8 cm³/mol. The molecule has 0 unspecified atom stereocenters. The molecule has 0 spiro atoms. The minimum absolute atomic E-state index is 0.0628. The smallest absolute Gasteiger partial charge is 0.274 e. The van der Waals surface area contributed by atoms with Crippen molar-refractivity contribution < 1.29 is 4.79 Å². The van der Waals surface area contributed by atoms with Gasteiger partial charge in [0.25, 0.3) is 5.91 Å². The van der Waals surface area contributed by atoms with E-state index in [1.54, 1.807) is 12.4 Å². The third kappa shape index (κ3) is 3.94. The van der Waals surface area contributed by atoms with Crippen LogP contribution in [0.3, 0.4) is 0 Å². The van der Waals surface area contributed by atoms with E-state index in [1.165, 1.54) is 19.4 Å². The van der Waals surface area contributed by atoms with Crippen LogP contribution in [-0.2, 0) is 0 Å². The van der Waals surface area contributed by atoms with Crippen LogP contribution in [0.5, 0.6) is 0 Å². The van der Waals surface area contributed by atoms with Crippen LogP contribution in [0.2, 0.25) is 0 Å². The summed E-state index contributed by atoms with van der Waals surface area (Å²) in [5, 5.41) is 0. The summed E-state index contributed by atoms with van der Waals surface area (Å²) in [5.41, 5.74) is 1.34. The van der Waals surface area contributed by atoms with Gasteiger partial charge in [0.15, 0.2) is 0 Å². The van der Waals surface area contributed by atoms with E-state index in [0.29, 0.717) is 17.7 Å². The molecule has 2 saturated heterocycles. The summed E-state index contributed by atoms with van der Waals surface area (Å²) in [5.74, 6) is 1.43. The molecule has 0 N–H and O–H groups in total. The van der Waals surface area contributed by atoms with E-state index in [0.717, 1.165) is 44.1 Å². The van der Waals surface area contributed by atoms with Gasteiger partial charge in [-0.1, -0.05) is 13.8 Å². The molecule has 1 aromatic rings. The number of nitrogens with zero attached hydrogens (tertiary/aromatic N) is 4. The van der Waals surface area contributed by atoms with Crippen molar-refractivity contribution in [3.63, 3.8) is 0 Å². The minimum atomic E-state index is 0.0628. The Bertz CT molecular complexity index is 557. The lowest BCUT2D eigenvalue weighted by atomic mass is 9.83. The molecule has 0 radical (unpaired) electrons. The normalized spacial score (nSPS) is 24.9. The van der Waals surface area contributed by atoms with Crippen molar-refractivity contribution in [1.82, 2.24) is 19.8 Å². The number of piperidine rings is 2. The average Bonchev–Trinajstić information content (AvgIpc) is 2.59. The number of aryl methyl sites for hydroxylation is 1. The molecule has 132 valence electrons. The molecule has 0 saturated carbocycles. The largest absolute Gasteiger partial charge is 0.334 e. The highest BCUT2D eigenvalue weighted by Crippen LogP contribution is 2.31. The number of hydrogen-bond donors (Lipinski definition) is 0. The molecule has 1 amide bonds. The third-order valence-electron chi connectivity index (χ3n) is 5.44. The van der Waals surface area contributed by atoms with Crippen LogP contribution in [0, 0.1) is 18.8 Å². The van der Waals surface area contributed by atoms with Crippen LogP contribution in [0.15, 0.2) is 12.4 Å². The van der Waals surface area contributed by atoms with Gasteiger partial charge in [0.2, 0.25) is 0 Å². The zero-order valence-electron chi connectivity index (χ0n) is 15.2. The van der Waals surface area contributed by atoms with E-state index < -0.39 is 0 Å². The highest BCUT2D eigenvalue weighted by molar-refractivity contribution is 5.92. The van der Waals surface area contributed by atoms with E-state index in [1.807, 2.05) is 6.92 Å². The van der Waals surface area contributed by atoms with Gasteiger partial charge in [-0.05, 0) is 51.0 Å². The fourth-order valence-corrected chi connectivity index (χ4v) is 4.02. The number of amides is 1. The molecule has 2 fully saturated rings. The van der Waals surface area contributed by atoms with Gasteiger partial charge in [-0.2, -0.15) is 0 Å². The van der Waals surface area contributed by atoms with Gasteiger partial charge in [-0.3, -0.25) is 9.78 Å². The molecular weight excluding hydrogens is 300 g/mol. The minimum Gasteiger partial charge on any atom is -0.334 e. The SMILES string of the molecule is Cc1cnc(C(=O)N2CCC[C@@H]3CN(CCC(C)C)CC[C@H]32)cn1. The molecule has 0 aliphatic carbocycles. The molecule has 0 aromatic carbocycles. The van der Waals surface area contributed by atoms with Gasteiger partial charge in [-0.25, -0.2) is 4.98 Å². The van der Waals surface area contributed by atoms with Crippen LogP contribution in [0.4, 0.5) is 0 Å². The molecule has 0 bridgehead atoms. The molecule has 24 heavy (non-hydrogen) atoms. The maximum absolute atomic E-state index is 12.9. The van der Waals surface area contributed by atoms with E-state index in [4.69, 9.17) is 0 Å². The molecule has 1 aromatic heterocycles. The fraction of sp³-hybridized carbons (Fsp3) is 0.737. The molecule has 5 heteroatoms. The monoisotopic (exact) mass is 330 g/mol. The fourth-order valence-electron chi connectivity index (χ4n) is 4.02. The van der Waals surface area contributed by atoms with Crippen LogP contribution >= 0.6 is 0 Å². The number of fused-ring (bicyclic) bond motifs is 1. The number of rotatable bonds is 4. The Kier molecular flexibility index (Phi) is 5.49. The number of likely N-dealkylation sites (tertiary alicyclic amines) is 2. The first-order valence-corrected chi connectivity index (χ1v) is 9.36. The second kappa shape index (κ2) is 7.60. The Balaban J connectivity index is 1.64. The summed E-state index contributed by atoms with van der Waals surface area (Å²) < 4.78 is 0. The molecule has 3 heterocycles. The standard InChI is InChI=1S/C19H30N4O/c1-14(2)6-9-22-10-7-18-16(13-22)5-4-8-23(18)19(24)17-12-20-15(3)11-21-17/h11-12,14,16,18H,4-10,13H2,1-3H3/t16-,18-/m1/s1. The lowest BCUT2D eigenvalue weighted by Gasteiger charge is -2.47. The maximum Gasteiger partial charge on any atom is 0.274 e. The lowest BCUT2D eigenvalue weighted by Crippen LogP contribution is -2.56. The van der Waals surface area contributed by atoms with Crippen molar-refractivity contribution in [2.24, 2.45) is 11.8 Å². The van der Waals surface area contributed by atoms with Crippen LogP contribution < -0.4 is 0 Å². The summed E-state index contributed by atoms with van der Waals surface area (Å²) in [4.78, 5) is 26.1. The number of carbonyl (C=O) groups excluding carboxylic acids is 1. The molecule has 2 atom stereocenters. The maximum atomic E-state index is 12.9. The summed E-state index contributed by atoms with van der Waals surface area (Å²) in [6, 6.07) is 0.379. The Morgan fingerprint density at radius 3 is 2.79 bits per heavy atom. The molecule has 2 aliphatic heterocycles. The number of aromatic nitrogens is 2. The van der Waals surface area contributed by atoms with E-state index in [9.17, 15) is 4.79 Å². The summed E-state index contributed by atoms with van der Waals surface area (Å²) in [6.45, 7) is 10.8. The van der Waals surface area contributed by atoms with Crippen molar-refractivity contribution in [2.45, 2.75) is 52.5 Å². The van der Waals surface area contributed by atoms with Crippen LogP contribution in [0.1, 0.15) is 55.7 Å². The van der Waals surface area contributed by atoms with Gasteiger partial charge in [0, 0.05) is 31.9 Å². The first-order chi connectivity index (χ1) is 11.5. The topological polar surface area (TPSA) is 49.3 Å². The van der Waals surface area contributed by atoms with Gasteiger partial charge in [0.1, 0.15) is 5.69 Å². The first kappa shape index (κ1) is 17.3. The molecular formula is C19H30N4O. The number of hydrogen-bond acceptors (Lipinski definition) is 4. The predicted octanol–water partition coefficient (Wildman–Crippen LogP) is 2.76. The molecule has 3 rings (SSSR count). The van der Waals surface area contributed by atoms with Crippen LogP contribution in [-0.4, -0.2) is 57.9 Å². The molecule has 2 aliphatic rings. The first-order valence-electron chi connectivity index (χ1n) is 9.36. The second-order valence-corrected chi connectivity index (χ2v) is 7.78. The Labute approximate surface area is 145 Å². The quantitative estimate of drug-likeness (QED) is 0.852. The van der Waals surface area contributed by atoms with Gasteiger partial charge >= 0.3 is 0 Å². The summed E-state index contributed by atoms with van der Waals surface area (Å²) in [7, 11) is 0. The third-order valence-corrected chi connectivity index (χ3v) is 5.44. The van der Waals surface area contributed by atoms with E-state index in [-0.39, 0.29) is 5.91 Å². The van der Waals surface area contributed by atoms with Crippen molar-refractivity contribution in [3.8, 4) is 0 Å². The van der Waals surface area contributed by atoms with E-state index >= 15 is 0 Å². The lowest BCUT2D eigenvalue weighted by molar-refractivity contribution is 0.0189. The number of carbonyl (C=O) groups is 1. The van der Waals surface area contributed by atoms with E-state index in [2.05, 4.69) is 33.6 Å². The highest BCUT2D eigenvalue weighted by Gasteiger charge is 2.38. The van der Waals surface area contributed by atoms with Gasteiger partial charge in [-0.15, -0.1) is 0 Å². The average molecular weight is 330 g/mol. The van der Waals surface area contributed by atoms with Crippen molar-refractivity contribution in [2.75, 3.05) is 26.2 Å². The zero-order chi connectivity index (χ0) is 17.1. The Hall–Kier alpha value is -1.49.